The lowest BCUT2D eigenvalue weighted by Crippen LogP contribution is -2.31. The molecule has 0 aliphatic heterocycles. The quantitative estimate of drug-likeness (QED) is 0.684. The van der Waals surface area contributed by atoms with Crippen LogP contribution in [0.15, 0.2) is 6.20 Å². The highest BCUT2D eigenvalue weighted by atomic mass is 16.3. The summed E-state index contributed by atoms with van der Waals surface area (Å²) in [5.41, 5.74) is 2.19. The molecule has 0 aromatic carbocycles. The maximum Gasteiger partial charge on any atom is 0.220 e. The van der Waals surface area contributed by atoms with E-state index >= 15 is 0 Å². The van der Waals surface area contributed by atoms with Gasteiger partial charge in [0.05, 0.1) is 25.4 Å². The molecule has 6 nitrogen and oxygen atoms in total. The molecule has 1 heterocycles. The van der Waals surface area contributed by atoms with Gasteiger partial charge >= 0.3 is 0 Å². The fourth-order valence-electron chi connectivity index (χ4n) is 2.56. The van der Waals surface area contributed by atoms with Crippen molar-refractivity contribution in [1.82, 2.24) is 15.1 Å². The fourth-order valence-corrected chi connectivity index (χ4v) is 2.56. The van der Waals surface area contributed by atoms with Crippen molar-refractivity contribution in [3.05, 3.63) is 17.5 Å². The molecule has 0 saturated carbocycles. The summed E-state index contributed by atoms with van der Waals surface area (Å²) >= 11 is 0. The lowest BCUT2D eigenvalue weighted by molar-refractivity contribution is -0.122. The molecule has 3 N–H and O–H groups in total. The van der Waals surface area contributed by atoms with Crippen LogP contribution in [0, 0.1) is 0 Å². The summed E-state index contributed by atoms with van der Waals surface area (Å²) < 4.78 is 1.82. The maximum absolute atomic E-state index is 11.7. The van der Waals surface area contributed by atoms with Crippen molar-refractivity contribution in [3.8, 4) is 0 Å². The molecular weight excluding hydrogens is 246 g/mol. The molecule has 0 bridgehead atoms. The topological polar surface area (TPSA) is 87.4 Å². The normalized spacial score (nSPS) is 18.1. The van der Waals surface area contributed by atoms with Gasteiger partial charge in [0.15, 0.2) is 0 Å². The standard InChI is InChI=1S/C13H21N3O3/c17-7-2-5-13(19)15-11-3-1-4-12-10(11)9-14-16(12)6-8-18/h9,11,17-18H,1-8H2,(H,15,19). The van der Waals surface area contributed by atoms with Gasteiger partial charge in [0.25, 0.3) is 0 Å². The van der Waals surface area contributed by atoms with Gasteiger partial charge in [0.2, 0.25) is 5.91 Å². The van der Waals surface area contributed by atoms with Crippen LogP contribution < -0.4 is 5.32 Å². The third kappa shape index (κ3) is 3.33. The molecule has 1 aromatic rings. The van der Waals surface area contributed by atoms with Crippen LogP contribution in [0.1, 0.15) is 43.0 Å². The Morgan fingerprint density at radius 3 is 3.05 bits per heavy atom. The van der Waals surface area contributed by atoms with E-state index in [1.54, 1.807) is 6.20 Å². The van der Waals surface area contributed by atoms with Gasteiger partial charge in [-0.05, 0) is 25.7 Å². The molecule has 0 saturated heterocycles. The summed E-state index contributed by atoms with van der Waals surface area (Å²) in [4.78, 5) is 11.7. The number of aliphatic hydroxyl groups excluding tert-OH is 2. The third-order valence-corrected chi connectivity index (χ3v) is 3.47. The Hall–Kier alpha value is -1.40. The van der Waals surface area contributed by atoms with E-state index in [4.69, 9.17) is 10.2 Å². The zero-order valence-electron chi connectivity index (χ0n) is 11.0. The predicted molar refractivity (Wildman–Crippen MR) is 69.5 cm³/mol. The summed E-state index contributed by atoms with van der Waals surface area (Å²) in [6.45, 7) is 0.611. The van der Waals surface area contributed by atoms with Gasteiger partial charge in [0, 0.05) is 24.3 Å². The first-order chi connectivity index (χ1) is 9.26. The molecule has 2 rings (SSSR count). The second-order valence-electron chi connectivity index (χ2n) is 4.83. The minimum absolute atomic E-state index is 0.0161. The number of rotatable bonds is 6. The second-order valence-corrected chi connectivity index (χ2v) is 4.83. The Morgan fingerprint density at radius 1 is 1.47 bits per heavy atom. The fraction of sp³-hybridized carbons (Fsp3) is 0.692. The maximum atomic E-state index is 11.7. The number of aliphatic hydroxyl groups is 2. The average Bonchev–Trinajstić information content (AvgIpc) is 2.81. The first-order valence-electron chi connectivity index (χ1n) is 6.82. The van der Waals surface area contributed by atoms with Crippen LogP contribution in [-0.2, 0) is 17.8 Å². The van der Waals surface area contributed by atoms with E-state index in [2.05, 4.69) is 10.4 Å². The summed E-state index contributed by atoms with van der Waals surface area (Å²) in [6.07, 6.45) is 5.51. The van der Waals surface area contributed by atoms with E-state index in [1.165, 1.54) is 0 Å². The molecule has 6 heteroatoms. The molecule has 1 aromatic heterocycles. The summed E-state index contributed by atoms with van der Waals surface area (Å²) in [7, 11) is 0. The van der Waals surface area contributed by atoms with Crippen LogP contribution in [0.3, 0.4) is 0 Å². The monoisotopic (exact) mass is 267 g/mol. The molecule has 0 radical (unpaired) electrons. The Kier molecular flexibility index (Phi) is 4.93. The van der Waals surface area contributed by atoms with Gasteiger partial charge in [-0.3, -0.25) is 9.48 Å². The van der Waals surface area contributed by atoms with Crippen LogP contribution in [-0.4, -0.2) is 39.1 Å². The van der Waals surface area contributed by atoms with E-state index in [-0.39, 0.29) is 25.2 Å². The number of fused-ring (bicyclic) bond motifs is 1. The van der Waals surface area contributed by atoms with Gasteiger partial charge in [0.1, 0.15) is 0 Å². The number of nitrogens with one attached hydrogen (secondary N) is 1. The summed E-state index contributed by atoms with van der Waals surface area (Å²) in [5, 5.41) is 25.0. The Balaban J connectivity index is 2.03. The van der Waals surface area contributed by atoms with Crippen LogP contribution in [0.4, 0.5) is 0 Å². The first kappa shape index (κ1) is 14.0. The second kappa shape index (κ2) is 6.68. The van der Waals surface area contributed by atoms with Gasteiger partial charge in [-0.1, -0.05) is 0 Å². The molecule has 1 atom stereocenters. The SMILES string of the molecule is O=C(CCCO)NC1CCCc2c1cnn2CCO. The van der Waals surface area contributed by atoms with Gasteiger partial charge < -0.3 is 15.5 Å². The third-order valence-electron chi connectivity index (χ3n) is 3.47. The lowest BCUT2D eigenvalue weighted by Gasteiger charge is -2.24. The minimum atomic E-state index is -0.0261. The highest BCUT2D eigenvalue weighted by molar-refractivity contribution is 5.76. The number of aromatic nitrogens is 2. The van der Waals surface area contributed by atoms with E-state index in [0.717, 1.165) is 30.5 Å². The molecule has 19 heavy (non-hydrogen) atoms. The van der Waals surface area contributed by atoms with Crippen LogP contribution in [0.25, 0.3) is 0 Å². The summed E-state index contributed by atoms with van der Waals surface area (Å²) in [5.74, 6) is -0.0261. The number of carbonyl (C=O) groups is 1. The molecule has 1 aliphatic carbocycles. The predicted octanol–water partition coefficient (Wildman–Crippen LogP) is 0.141. The molecule has 1 aliphatic rings. The first-order valence-corrected chi connectivity index (χ1v) is 6.82. The van der Waals surface area contributed by atoms with Crippen molar-refractivity contribution in [2.45, 2.75) is 44.7 Å². The van der Waals surface area contributed by atoms with Crippen molar-refractivity contribution in [2.24, 2.45) is 0 Å². The van der Waals surface area contributed by atoms with Gasteiger partial charge in [-0.25, -0.2) is 0 Å². The molecule has 1 unspecified atom stereocenters. The van der Waals surface area contributed by atoms with E-state index in [0.29, 0.717) is 19.4 Å². The Morgan fingerprint density at radius 2 is 2.32 bits per heavy atom. The van der Waals surface area contributed by atoms with Crippen molar-refractivity contribution in [1.29, 1.82) is 0 Å². The zero-order chi connectivity index (χ0) is 13.7. The van der Waals surface area contributed by atoms with Gasteiger partial charge in [-0.15, -0.1) is 0 Å². The summed E-state index contributed by atoms with van der Waals surface area (Å²) in [6, 6.07) is 0.0161. The van der Waals surface area contributed by atoms with Gasteiger partial charge in [-0.2, -0.15) is 5.10 Å². The smallest absolute Gasteiger partial charge is 0.220 e. The van der Waals surface area contributed by atoms with Crippen LogP contribution in [0.2, 0.25) is 0 Å². The minimum Gasteiger partial charge on any atom is -0.396 e. The lowest BCUT2D eigenvalue weighted by atomic mass is 9.93. The average molecular weight is 267 g/mol. The Bertz CT molecular complexity index is 431. The number of nitrogens with zero attached hydrogens (tertiary/aromatic N) is 2. The van der Waals surface area contributed by atoms with E-state index in [9.17, 15) is 4.79 Å². The van der Waals surface area contributed by atoms with E-state index in [1.807, 2.05) is 4.68 Å². The zero-order valence-corrected chi connectivity index (χ0v) is 11.0. The highest BCUT2D eigenvalue weighted by Crippen LogP contribution is 2.29. The molecule has 1 amide bonds. The van der Waals surface area contributed by atoms with Crippen molar-refractivity contribution >= 4 is 5.91 Å². The number of carbonyl (C=O) groups excluding carboxylic acids is 1. The molecular formula is C13H21N3O3. The molecule has 0 fully saturated rings. The molecule has 106 valence electrons. The number of hydrogen-bond donors (Lipinski definition) is 3. The van der Waals surface area contributed by atoms with Crippen molar-refractivity contribution < 1.29 is 15.0 Å². The van der Waals surface area contributed by atoms with Crippen LogP contribution in [0.5, 0.6) is 0 Å². The van der Waals surface area contributed by atoms with Crippen LogP contribution >= 0.6 is 0 Å². The van der Waals surface area contributed by atoms with Crippen molar-refractivity contribution in [3.63, 3.8) is 0 Å². The number of amides is 1. The van der Waals surface area contributed by atoms with Crippen molar-refractivity contribution in [2.75, 3.05) is 13.2 Å². The molecule has 0 spiro atoms. The Labute approximate surface area is 112 Å². The largest absolute Gasteiger partial charge is 0.396 e. The van der Waals surface area contributed by atoms with E-state index < -0.39 is 0 Å². The highest BCUT2D eigenvalue weighted by Gasteiger charge is 2.25. The number of hydrogen-bond acceptors (Lipinski definition) is 4.